The van der Waals surface area contributed by atoms with E-state index in [1.807, 2.05) is 0 Å². The van der Waals surface area contributed by atoms with E-state index >= 15 is 0 Å². The molecule has 0 bridgehead atoms. The Hall–Kier alpha value is -1.72. The summed E-state index contributed by atoms with van der Waals surface area (Å²) in [6, 6.07) is 0. The van der Waals surface area contributed by atoms with Crippen molar-refractivity contribution < 1.29 is 9.18 Å². The molecule has 2 rings (SSSR count). The van der Waals surface area contributed by atoms with Crippen molar-refractivity contribution >= 4 is 11.7 Å². The lowest BCUT2D eigenvalue weighted by Gasteiger charge is -2.39. The largest absolute Gasteiger partial charge is 0.370 e. The topological polar surface area (TPSA) is 72.1 Å². The highest BCUT2D eigenvalue weighted by Crippen LogP contribution is 2.25. The molecule has 0 radical (unpaired) electrons. The lowest BCUT2D eigenvalue weighted by Crippen LogP contribution is -2.49. The van der Waals surface area contributed by atoms with Crippen molar-refractivity contribution in [2.75, 3.05) is 18.0 Å². The molecule has 2 heterocycles. The molecule has 0 unspecified atom stereocenters. The van der Waals surface area contributed by atoms with Crippen LogP contribution in [-0.2, 0) is 4.79 Å². The second-order valence-corrected chi connectivity index (χ2v) is 3.61. The van der Waals surface area contributed by atoms with E-state index in [-0.39, 0.29) is 17.6 Å². The number of rotatable bonds is 3. The molecule has 0 atom stereocenters. The summed E-state index contributed by atoms with van der Waals surface area (Å²) >= 11 is 0. The van der Waals surface area contributed by atoms with Gasteiger partial charge in [0.05, 0.1) is 0 Å². The molecule has 6 heteroatoms. The fourth-order valence-electron chi connectivity index (χ4n) is 1.68. The maximum absolute atomic E-state index is 13.1. The van der Waals surface area contributed by atoms with Crippen molar-refractivity contribution in [3.63, 3.8) is 0 Å². The van der Waals surface area contributed by atoms with Crippen LogP contribution in [-0.4, -0.2) is 29.0 Å². The highest BCUT2D eigenvalue weighted by Gasteiger charge is 2.30. The molecule has 1 aromatic heterocycles. The molecule has 1 saturated heterocycles. The van der Waals surface area contributed by atoms with E-state index in [4.69, 9.17) is 5.73 Å². The van der Waals surface area contributed by atoms with Gasteiger partial charge in [-0.05, 0) is 0 Å². The number of hydrogen-bond donors (Lipinski definition) is 1. The van der Waals surface area contributed by atoms with Crippen LogP contribution >= 0.6 is 0 Å². The first kappa shape index (κ1) is 9.82. The molecule has 0 aliphatic carbocycles. The smallest absolute Gasteiger partial charge is 0.255 e. The van der Waals surface area contributed by atoms with E-state index in [0.29, 0.717) is 19.5 Å². The number of nitrogens with two attached hydrogens (primary N) is 1. The Bertz CT molecular complexity index is 378. The van der Waals surface area contributed by atoms with Gasteiger partial charge in [0.25, 0.3) is 5.95 Å². The molecular formula is C9H11FN4O. The Morgan fingerprint density at radius 3 is 2.80 bits per heavy atom. The predicted molar refractivity (Wildman–Crippen MR) is 51.5 cm³/mol. The number of carbonyl (C=O) groups is 1. The number of aromatic nitrogens is 2. The third-order valence-corrected chi connectivity index (χ3v) is 2.38. The third-order valence-electron chi connectivity index (χ3n) is 2.38. The number of amides is 1. The lowest BCUT2D eigenvalue weighted by atomic mass is 9.96. The third kappa shape index (κ3) is 2.03. The summed E-state index contributed by atoms with van der Waals surface area (Å²) in [6.07, 6.45) is 3.09. The van der Waals surface area contributed by atoms with Gasteiger partial charge in [-0.1, -0.05) is 0 Å². The van der Waals surface area contributed by atoms with Crippen LogP contribution in [0.5, 0.6) is 0 Å². The fourth-order valence-corrected chi connectivity index (χ4v) is 1.68. The molecule has 0 aromatic carbocycles. The van der Waals surface area contributed by atoms with Gasteiger partial charge in [0.2, 0.25) is 5.91 Å². The monoisotopic (exact) mass is 210 g/mol. The second-order valence-electron chi connectivity index (χ2n) is 3.61. The molecule has 15 heavy (non-hydrogen) atoms. The lowest BCUT2D eigenvalue weighted by molar-refractivity contribution is -0.119. The summed E-state index contributed by atoms with van der Waals surface area (Å²) in [6.45, 7) is 1.22. The highest BCUT2D eigenvalue weighted by atomic mass is 19.1. The van der Waals surface area contributed by atoms with Gasteiger partial charge in [-0.2, -0.15) is 4.39 Å². The standard InChI is InChI=1S/C9H11FN4O/c10-8-9(13-2-1-12-8)14-4-6(5-14)3-7(11)15/h1-2,6H,3-5H2,(H2,11,15). The maximum atomic E-state index is 13.1. The summed E-state index contributed by atoms with van der Waals surface area (Å²) < 4.78 is 13.1. The number of hydrogen-bond acceptors (Lipinski definition) is 4. The van der Waals surface area contributed by atoms with Crippen LogP contribution in [0.15, 0.2) is 12.4 Å². The van der Waals surface area contributed by atoms with Crippen LogP contribution in [0.3, 0.4) is 0 Å². The minimum atomic E-state index is -0.574. The molecule has 1 fully saturated rings. The van der Waals surface area contributed by atoms with Crippen molar-refractivity contribution in [3.05, 3.63) is 18.3 Å². The van der Waals surface area contributed by atoms with Crippen molar-refractivity contribution in [2.45, 2.75) is 6.42 Å². The van der Waals surface area contributed by atoms with Crippen molar-refractivity contribution in [3.8, 4) is 0 Å². The molecule has 0 spiro atoms. The van der Waals surface area contributed by atoms with Gasteiger partial charge in [-0.3, -0.25) is 4.79 Å². The molecule has 1 aliphatic heterocycles. The Balaban J connectivity index is 1.95. The first-order valence-corrected chi connectivity index (χ1v) is 4.66. The van der Waals surface area contributed by atoms with Gasteiger partial charge in [0, 0.05) is 37.8 Å². The molecule has 80 valence electrons. The van der Waals surface area contributed by atoms with E-state index in [1.165, 1.54) is 12.4 Å². The van der Waals surface area contributed by atoms with Crippen LogP contribution in [0, 0.1) is 11.9 Å². The summed E-state index contributed by atoms with van der Waals surface area (Å²) in [7, 11) is 0. The van der Waals surface area contributed by atoms with E-state index in [0.717, 1.165) is 0 Å². The van der Waals surface area contributed by atoms with Crippen LogP contribution < -0.4 is 10.6 Å². The van der Waals surface area contributed by atoms with Crippen molar-refractivity contribution in [1.29, 1.82) is 0 Å². The van der Waals surface area contributed by atoms with Gasteiger partial charge in [-0.25, -0.2) is 9.97 Å². The highest BCUT2D eigenvalue weighted by molar-refractivity contribution is 5.74. The van der Waals surface area contributed by atoms with Gasteiger partial charge in [0.15, 0.2) is 5.82 Å². The van der Waals surface area contributed by atoms with E-state index in [1.54, 1.807) is 4.90 Å². The van der Waals surface area contributed by atoms with Crippen molar-refractivity contribution in [1.82, 2.24) is 9.97 Å². The molecule has 0 saturated carbocycles. The van der Waals surface area contributed by atoms with Crippen molar-refractivity contribution in [2.24, 2.45) is 11.7 Å². The minimum absolute atomic E-state index is 0.212. The predicted octanol–water partition coefficient (Wildman–Crippen LogP) is -0.0727. The Kier molecular flexibility index (Phi) is 2.49. The van der Waals surface area contributed by atoms with Gasteiger partial charge < -0.3 is 10.6 Å². The first-order chi connectivity index (χ1) is 7.16. The zero-order valence-corrected chi connectivity index (χ0v) is 8.06. The zero-order chi connectivity index (χ0) is 10.8. The number of carbonyl (C=O) groups excluding carboxylic acids is 1. The van der Waals surface area contributed by atoms with Crippen LogP contribution in [0.25, 0.3) is 0 Å². The van der Waals surface area contributed by atoms with E-state index in [2.05, 4.69) is 9.97 Å². The second kappa shape index (κ2) is 3.80. The molecule has 1 amide bonds. The first-order valence-electron chi connectivity index (χ1n) is 4.66. The number of nitrogens with zero attached hydrogens (tertiary/aromatic N) is 3. The van der Waals surface area contributed by atoms with E-state index < -0.39 is 5.95 Å². The summed E-state index contributed by atoms with van der Waals surface area (Å²) in [5.41, 5.74) is 5.06. The molecule has 5 nitrogen and oxygen atoms in total. The fraction of sp³-hybridized carbons (Fsp3) is 0.444. The molecule has 2 N–H and O–H groups in total. The van der Waals surface area contributed by atoms with Gasteiger partial charge in [-0.15, -0.1) is 0 Å². The number of halogens is 1. The molecule has 1 aromatic rings. The maximum Gasteiger partial charge on any atom is 0.255 e. The summed E-state index contributed by atoms with van der Waals surface area (Å²) in [5, 5.41) is 0. The normalized spacial score (nSPS) is 16.2. The van der Waals surface area contributed by atoms with Gasteiger partial charge >= 0.3 is 0 Å². The Labute approximate surface area is 86.1 Å². The number of primary amides is 1. The summed E-state index contributed by atoms with van der Waals surface area (Å²) in [4.78, 5) is 19.8. The van der Waals surface area contributed by atoms with Crippen LogP contribution in [0.2, 0.25) is 0 Å². The molecular weight excluding hydrogens is 199 g/mol. The Morgan fingerprint density at radius 1 is 1.53 bits per heavy atom. The minimum Gasteiger partial charge on any atom is -0.370 e. The molecule has 1 aliphatic rings. The van der Waals surface area contributed by atoms with Gasteiger partial charge in [0.1, 0.15) is 0 Å². The SMILES string of the molecule is NC(=O)CC1CN(c2nccnc2F)C1. The quantitative estimate of drug-likeness (QED) is 0.757. The van der Waals surface area contributed by atoms with Crippen LogP contribution in [0.1, 0.15) is 6.42 Å². The Morgan fingerprint density at radius 2 is 2.20 bits per heavy atom. The zero-order valence-electron chi connectivity index (χ0n) is 8.06. The summed E-state index contributed by atoms with van der Waals surface area (Å²) in [5.74, 6) is -0.434. The number of anilines is 1. The average Bonchev–Trinajstić information content (AvgIpc) is 2.12. The van der Waals surface area contributed by atoms with E-state index in [9.17, 15) is 9.18 Å². The average molecular weight is 210 g/mol. The van der Waals surface area contributed by atoms with Crippen LogP contribution in [0.4, 0.5) is 10.2 Å².